The first-order valence-electron chi connectivity index (χ1n) is 6.14. The molecule has 0 fully saturated rings. The maximum absolute atomic E-state index is 13.5. The molecular weight excluding hydrogens is 310 g/mol. The Bertz CT molecular complexity index is 823. The quantitative estimate of drug-likeness (QED) is 0.805. The van der Waals surface area contributed by atoms with Crippen LogP contribution < -0.4 is 5.32 Å². The van der Waals surface area contributed by atoms with Crippen molar-refractivity contribution in [3.8, 4) is 10.6 Å². The van der Waals surface area contributed by atoms with E-state index in [1.807, 2.05) is 0 Å². The number of benzene rings is 1. The van der Waals surface area contributed by atoms with E-state index >= 15 is 0 Å². The van der Waals surface area contributed by atoms with Crippen LogP contribution in [0, 0.1) is 11.6 Å². The van der Waals surface area contributed by atoms with Crippen molar-refractivity contribution in [3.63, 3.8) is 0 Å². The van der Waals surface area contributed by atoms with Crippen LogP contribution in [0.1, 0.15) is 10.4 Å². The van der Waals surface area contributed by atoms with Crippen molar-refractivity contribution in [1.29, 1.82) is 0 Å². The first-order valence-corrected chi connectivity index (χ1v) is 6.95. The highest BCUT2D eigenvalue weighted by molar-refractivity contribution is 7.18. The van der Waals surface area contributed by atoms with Crippen molar-refractivity contribution >= 4 is 22.4 Å². The SMILES string of the molecule is O=C(Nc1nnc(-c2ccncc2)s1)c1ccc(F)cc1F. The molecule has 0 radical (unpaired) electrons. The van der Waals surface area contributed by atoms with Crippen molar-refractivity contribution < 1.29 is 13.6 Å². The molecule has 0 spiro atoms. The number of amides is 1. The summed E-state index contributed by atoms with van der Waals surface area (Å²) in [5.41, 5.74) is 0.544. The van der Waals surface area contributed by atoms with E-state index in [1.165, 1.54) is 0 Å². The van der Waals surface area contributed by atoms with E-state index in [9.17, 15) is 13.6 Å². The lowest BCUT2D eigenvalue weighted by Gasteiger charge is -2.02. The molecule has 2 heterocycles. The van der Waals surface area contributed by atoms with Crippen molar-refractivity contribution in [1.82, 2.24) is 15.2 Å². The second kappa shape index (κ2) is 5.94. The first kappa shape index (κ1) is 14.2. The van der Waals surface area contributed by atoms with E-state index in [1.54, 1.807) is 24.5 Å². The molecule has 2 aromatic heterocycles. The van der Waals surface area contributed by atoms with Gasteiger partial charge in [0.2, 0.25) is 5.13 Å². The Morgan fingerprint density at radius 2 is 1.86 bits per heavy atom. The highest BCUT2D eigenvalue weighted by Crippen LogP contribution is 2.26. The van der Waals surface area contributed by atoms with Crippen LogP contribution in [0.25, 0.3) is 10.6 Å². The maximum Gasteiger partial charge on any atom is 0.260 e. The topological polar surface area (TPSA) is 67.8 Å². The summed E-state index contributed by atoms with van der Waals surface area (Å²) in [5.74, 6) is -2.39. The zero-order chi connectivity index (χ0) is 15.5. The fourth-order valence-corrected chi connectivity index (χ4v) is 2.47. The second-order valence-electron chi connectivity index (χ2n) is 4.23. The Kier molecular flexibility index (Phi) is 3.84. The number of carbonyl (C=O) groups excluding carboxylic acids is 1. The molecule has 0 aliphatic rings. The molecule has 0 unspecified atom stereocenters. The predicted molar refractivity (Wildman–Crippen MR) is 77.5 cm³/mol. The molecule has 0 bridgehead atoms. The van der Waals surface area contributed by atoms with Crippen LogP contribution in [0.5, 0.6) is 0 Å². The smallest absolute Gasteiger partial charge is 0.260 e. The fraction of sp³-hybridized carbons (Fsp3) is 0. The summed E-state index contributed by atoms with van der Waals surface area (Å²) in [5, 5.41) is 11.0. The normalized spacial score (nSPS) is 10.5. The van der Waals surface area contributed by atoms with E-state index in [-0.39, 0.29) is 10.7 Å². The van der Waals surface area contributed by atoms with Crippen molar-refractivity contribution in [3.05, 3.63) is 59.9 Å². The standard InChI is InChI=1S/C14H8F2N4OS/c15-9-1-2-10(11(16)7-9)12(21)18-14-20-19-13(22-14)8-3-5-17-6-4-8/h1-7H,(H,18,20,21). The number of hydrogen-bond acceptors (Lipinski definition) is 5. The fourth-order valence-electron chi connectivity index (χ4n) is 1.72. The van der Waals surface area contributed by atoms with E-state index in [0.717, 1.165) is 29.0 Å². The van der Waals surface area contributed by atoms with Crippen LogP contribution in [0.4, 0.5) is 13.9 Å². The first-order chi connectivity index (χ1) is 10.6. The molecule has 3 rings (SSSR count). The van der Waals surface area contributed by atoms with Gasteiger partial charge in [0.15, 0.2) is 0 Å². The molecular formula is C14H8F2N4OS. The molecule has 3 aromatic rings. The van der Waals surface area contributed by atoms with Crippen LogP contribution in [-0.2, 0) is 0 Å². The molecule has 1 amide bonds. The third-order valence-electron chi connectivity index (χ3n) is 2.75. The summed E-state index contributed by atoms with van der Waals surface area (Å²) in [6, 6.07) is 6.25. The van der Waals surface area contributed by atoms with E-state index < -0.39 is 17.5 Å². The summed E-state index contributed by atoms with van der Waals surface area (Å²) >= 11 is 1.14. The molecule has 0 saturated carbocycles. The van der Waals surface area contributed by atoms with Gasteiger partial charge in [0.1, 0.15) is 16.6 Å². The summed E-state index contributed by atoms with van der Waals surface area (Å²) < 4.78 is 26.4. The van der Waals surface area contributed by atoms with Crippen LogP contribution in [0.3, 0.4) is 0 Å². The molecule has 1 aromatic carbocycles. The molecule has 5 nitrogen and oxygen atoms in total. The molecule has 110 valence electrons. The summed E-state index contributed by atoms with van der Waals surface area (Å²) in [6.45, 7) is 0. The number of pyridine rings is 1. The van der Waals surface area contributed by atoms with Gasteiger partial charge in [-0.25, -0.2) is 8.78 Å². The van der Waals surface area contributed by atoms with Crippen molar-refractivity contribution in [2.45, 2.75) is 0 Å². The lowest BCUT2D eigenvalue weighted by atomic mass is 10.2. The average Bonchev–Trinajstić information content (AvgIpc) is 2.96. The Balaban J connectivity index is 1.79. The number of nitrogens with zero attached hydrogens (tertiary/aromatic N) is 3. The maximum atomic E-state index is 13.5. The highest BCUT2D eigenvalue weighted by Gasteiger charge is 2.15. The van der Waals surface area contributed by atoms with Gasteiger partial charge in [-0.1, -0.05) is 11.3 Å². The number of carbonyl (C=O) groups is 1. The number of halogens is 2. The third kappa shape index (κ3) is 2.96. The van der Waals surface area contributed by atoms with E-state index in [0.29, 0.717) is 11.1 Å². The third-order valence-corrected chi connectivity index (χ3v) is 3.64. The summed E-state index contributed by atoms with van der Waals surface area (Å²) in [4.78, 5) is 15.8. The predicted octanol–water partition coefficient (Wildman–Crippen LogP) is 3.13. The van der Waals surface area contributed by atoms with Gasteiger partial charge >= 0.3 is 0 Å². The zero-order valence-electron chi connectivity index (χ0n) is 11.0. The Morgan fingerprint density at radius 1 is 1.09 bits per heavy atom. The average molecular weight is 318 g/mol. The molecule has 0 aliphatic carbocycles. The zero-order valence-corrected chi connectivity index (χ0v) is 11.8. The van der Waals surface area contributed by atoms with E-state index in [4.69, 9.17) is 0 Å². The van der Waals surface area contributed by atoms with Gasteiger partial charge in [-0.3, -0.25) is 15.1 Å². The number of anilines is 1. The van der Waals surface area contributed by atoms with Crippen LogP contribution in [0.15, 0.2) is 42.7 Å². The minimum Gasteiger partial charge on any atom is -0.296 e. The molecule has 8 heteroatoms. The molecule has 1 N–H and O–H groups in total. The van der Waals surface area contributed by atoms with Gasteiger partial charge in [0.05, 0.1) is 5.56 Å². The number of aromatic nitrogens is 3. The van der Waals surface area contributed by atoms with Gasteiger partial charge < -0.3 is 0 Å². The van der Waals surface area contributed by atoms with Crippen molar-refractivity contribution in [2.75, 3.05) is 5.32 Å². The number of nitrogens with one attached hydrogen (secondary N) is 1. The Morgan fingerprint density at radius 3 is 2.59 bits per heavy atom. The Labute approximate surface area is 127 Å². The van der Waals surface area contributed by atoms with Crippen LogP contribution >= 0.6 is 11.3 Å². The number of rotatable bonds is 3. The minimum atomic E-state index is -0.934. The van der Waals surface area contributed by atoms with Gasteiger partial charge in [-0.15, -0.1) is 10.2 Å². The van der Waals surface area contributed by atoms with Crippen LogP contribution in [-0.4, -0.2) is 21.1 Å². The second-order valence-corrected chi connectivity index (χ2v) is 5.20. The Hall–Kier alpha value is -2.74. The van der Waals surface area contributed by atoms with Gasteiger partial charge in [-0.2, -0.15) is 0 Å². The van der Waals surface area contributed by atoms with Gasteiger partial charge in [-0.05, 0) is 24.3 Å². The monoisotopic (exact) mass is 318 g/mol. The molecule has 22 heavy (non-hydrogen) atoms. The molecule has 0 atom stereocenters. The number of hydrogen-bond donors (Lipinski definition) is 1. The minimum absolute atomic E-state index is 0.223. The molecule has 0 saturated heterocycles. The lowest BCUT2D eigenvalue weighted by Crippen LogP contribution is -2.13. The summed E-state index contributed by atoms with van der Waals surface area (Å²) in [6.07, 6.45) is 3.23. The van der Waals surface area contributed by atoms with Crippen molar-refractivity contribution in [2.24, 2.45) is 0 Å². The lowest BCUT2D eigenvalue weighted by molar-refractivity contribution is 0.102. The van der Waals surface area contributed by atoms with Gasteiger partial charge in [0, 0.05) is 24.0 Å². The summed E-state index contributed by atoms with van der Waals surface area (Å²) in [7, 11) is 0. The molecule has 0 aliphatic heterocycles. The van der Waals surface area contributed by atoms with E-state index in [2.05, 4.69) is 20.5 Å². The van der Waals surface area contributed by atoms with Crippen LogP contribution in [0.2, 0.25) is 0 Å². The highest BCUT2D eigenvalue weighted by atomic mass is 32.1. The van der Waals surface area contributed by atoms with Gasteiger partial charge in [0.25, 0.3) is 5.91 Å². The largest absolute Gasteiger partial charge is 0.296 e.